The third-order valence-corrected chi connectivity index (χ3v) is 5.43. The van der Waals surface area contributed by atoms with Gasteiger partial charge in [-0.2, -0.15) is 5.10 Å². The quantitative estimate of drug-likeness (QED) is 0.856. The van der Waals surface area contributed by atoms with E-state index in [0.29, 0.717) is 12.6 Å². The Morgan fingerprint density at radius 1 is 1.28 bits per heavy atom. The molecular formula is C19H25N5O. The first kappa shape index (κ1) is 16.3. The molecule has 0 radical (unpaired) electrons. The van der Waals surface area contributed by atoms with E-state index >= 15 is 0 Å². The number of nitrogens with zero attached hydrogens (tertiary/aromatic N) is 5. The summed E-state index contributed by atoms with van der Waals surface area (Å²) in [4.78, 5) is 21.4. The van der Waals surface area contributed by atoms with Crippen LogP contribution in [0.4, 0.5) is 5.69 Å². The number of carbonyl (C=O) groups excluding carboxylic acids is 1. The Morgan fingerprint density at radius 3 is 3.00 bits per heavy atom. The van der Waals surface area contributed by atoms with Gasteiger partial charge >= 0.3 is 0 Å². The molecule has 0 spiro atoms. The molecule has 6 heteroatoms. The summed E-state index contributed by atoms with van der Waals surface area (Å²) in [6.07, 6.45) is 7.76. The van der Waals surface area contributed by atoms with Crippen molar-refractivity contribution in [3.8, 4) is 0 Å². The first-order valence-corrected chi connectivity index (χ1v) is 9.19. The van der Waals surface area contributed by atoms with E-state index in [2.05, 4.69) is 40.1 Å². The van der Waals surface area contributed by atoms with Gasteiger partial charge in [0, 0.05) is 17.8 Å². The molecule has 1 amide bonds. The van der Waals surface area contributed by atoms with Gasteiger partial charge in [0.2, 0.25) is 5.91 Å². The zero-order chi connectivity index (χ0) is 17.2. The van der Waals surface area contributed by atoms with Crippen molar-refractivity contribution < 1.29 is 4.79 Å². The summed E-state index contributed by atoms with van der Waals surface area (Å²) in [6, 6.07) is 8.87. The van der Waals surface area contributed by atoms with Crippen LogP contribution in [0.3, 0.4) is 0 Å². The van der Waals surface area contributed by atoms with Crippen LogP contribution in [0.25, 0.3) is 0 Å². The molecule has 132 valence electrons. The molecule has 1 aromatic carbocycles. The van der Waals surface area contributed by atoms with Crippen LogP contribution in [0.1, 0.15) is 31.7 Å². The summed E-state index contributed by atoms with van der Waals surface area (Å²) < 4.78 is 1.88. The van der Waals surface area contributed by atoms with Gasteiger partial charge in [-0.05, 0) is 44.4 Å². The summed E-state index contributed by atoms with van der Waals surface area (Å²) >= 11 is 0. The fraction of sp³-hybridized carbons (Fsp3) is 0.526. The van der Waals surface area contributed by atoms with Crippen molar-refractivity contribution in [2.24, 2.45) is 0 Å². The van der Waals surface area contributed by atoms with Gasteiger partial charge in [-0.3, -0.25) is 14.4 Å². The van der Waals surface area contributed by atoms with Gasteiger partial charge in [0.05, 0.1) is 13.1 Å². The van der Waals surface area contributed by atoms with E-state index in [9.17, 15) is 4.79 Å². The monoisotopic (exact) mass is 339 g/mol. The lowest BCUT2D eigenvalue weighted by atomic mass is 10.0. The molecule has 6 nitrogen and oxygen atoms in total. The summed E-state index contributed by atoms with van der Waals surface area (Å²) in [7, 11) is 0. The van der Waals surface area contributed by atoms with Crippen molar-refractivity contribution in [1.82, 2.24) is 19.7 Å². The Morgan fingerprint density at radius 2 is 2.16 bits per heavy atom. The van der Waals surface area contributed by atoms with Crippen LogP contribution in [-0.2, 0) is 17.8 Å². The van der Waals surface area contributed by atoms with E-state index in [1.54, 1.807) is 12.7 Å². The fourth-order valence-corrected chi connectivity index (χ4v) is 4.21. The van der Waals surface area contributed by atoms with Gasteiger partial charge < -0.3 is 4.90 Å². The lowest BCUT2D eigenvalue weighted by molar-refractivity contribution is -0.121. The maximum atomic E-state index is 13.1. The minimum atomic E-state index is 0.211. The van der Waals surface area contributed by atoms with E-state index in [0.717, 1.165) is 38.0 Å². The number of hydrogen-bond donors (Lipinski definition) is 0. The van der Waals surface area contributed by atoms with Gasteiger partial charge in [-0.25, -0.2) is 4.98 Å². The second-order valence-electron chi connectivity index (χ2n) is 7.18. The van der Waals surface area contributed by atoms with Crippen LogP contribution in [-0.4, -0.2) is 50.7 Å². The summed E-state index contributed by atoms with van der Waals surface area (Å²) in [5.74, 6) is 0.211. The topological polar surface area (TPSA) is 54.3 Å². The third kappa shape index (κ3) is 3.31. The number of likely N-dealkylation sites (tertiary alicyclic amines) is 1. The average molecular weight is 339 g/mol. The fourth-order valence-electron chi connectivity index (χ4n) is 4.21. The highest BCUT2D eigenvalue weighted by molar-refractivity contribution is 5.97. The Hall–Kier alpha value is -2.21. The maximum absolute atomic E-state index is 13.1. The lowest BCUT2D eigenvalue weighted by Gasteiger charge is -2.36. The van der Waals surface area contributed by atoms with Crippen molar-refractivity contribution in [3.05, 3.63) is 42.5 Å². The van der Waals surface area contributed by atoms with Crippen molar-refractivity contribution in [2.75, 3.05) is 18.0 Å². The number of aromatic nitrogens is 3. The van der Waals surface area contributed by atoms with Crippen LogP contribution < -0.4 is 4.90 Å². The molecule has 0 saturated carbocycles. The molecule has 1 fully saturated rings. The largest absolute Gasteiger partial charge is 0.308 e. The molecule has 3 heterocycles. The van der Waals surface area contributed by atoms with E-state index < -0.39 is 0 Å². The molecule has 0 unspecified atom stereocenters. The smallest absolute Gasteiger partial charge is 0.241 e. The number of fused-ring (bicyclic) bond motifs is 1. The van der Waals surface area contributed by atoms with Gasteiger partial charge in [0.25, 0.3) is 0 Å². The minimum Gasteiger partial charge on any atom is -0.308 e. The predicted octanol–water partition coefficient (Wildman–Crippen LogP) is 2.11. The van der Waals surface area contributed by atoms with Crippen LogP contribution in [0.2, 0.25) is 0 Å². The number of rotatable bonds is 4. The highest BCUT2D eigenvalue weighted by Crippen LogP contribution is 2.32. The molecule has 2 aliphatic heterocycles. The second-order valence-corrected chi connectivity index (χ2v) is 7.18. The number of piperidine rings is 1. The Balaban J connectivity index is 1.47. The number of anilines is 1. The second kappa shape index (κ2) is 6.96. The summed E-state index contributed by atoms with van der Waals surface area (Å²) in [5, 5.41) is 4.23. The predicted molar refractivity (Wildman–Crippen MR) is 96.3 cm³/mol. The molecule has 2 atom stereocenters. The summed E-state index contributed by atoms with van der Waals surface area (Å²) in [5.41, 5.74) is 2.37. The van der Waals surface area contributed by atoms with Gasteiger partial charge in [-0.15, -0.1) is 0 Å². The molecule has 4 rings (SSSR count). The standard InChI is InChI=1S/C19H25N5O/c1-15-10-16-6-2-3-8-18(16)24(15)19(25)12-22-9-5-4-7-17(22)11-23-14-20-13-21-23/h2-3,6,8,13-15,17H,4-5,7,9-12H2,1H3/t15-,17+/m1/s1. The first-order chi connectivity index (χ1) is 12.2. The number of hydrogen-bond acceptors (Lipinski definition) is 4. The minimum absolute atomic E-state index is 0.211. The Kier molecular flexibility index (Phi) is 4.53. The number of amides is 1. The van der Waals surface area contributed by atoms with Gasteiger partial charge in [-0.1, -0.05) is 24.6 Å². The Labute approximate surface area is 148 Å². The molecule has 0 N–H and O–H groups in total. The molecule has 2 aliphatic rings. The SMILES string of the molecule is C[C@@H]1Cc2ccccc2N1C(=O)CN1CCCC[C@H]1Cn1cncn1. The highest BCUT2D eigenvalue weighted by Gasteiger charge is 2.33. The van der Waals surface area contributed by atoms with Crippen molar-refractivity contribution in [1.29, 1.82) is 0 Å². The van der Waals surface area contributed by atoms with Crippen LogP contribution in [0.5, 0.6) is 0 Å². The van der Waals surface area contributed by atoms with E-state index in [1.807, 2.05) is 15.6 Å². The molecule has 25 heavy (non-hydrogen) atoms. The van der Waals surface area contributed by atoms with E-state index in [1.165, 1.54) is 12.0 Å². The highest BCUT2D eigenvalue weighted by atomic mass is 16.2. The third-order valence-electron chi connectivity index (χ3n) is 5.43. The van der Waals surface area contributed by atoms with Crippen molar-refractivity contribution in [3.63, 3.8) is 0 Å². The lowest BCUT2D eigenvalue weighted by Crippen LogP contribution is -2.49. The van der Waals surface area contributed by atoms with E-state index in [4.69, 9.17) is 0 Å². The zero-order valence-corrected chi connectivity index (χ0v) is 14.7. The molecule has 0 bridgehead atoms. The maximum Gasteiger partial charge on any atom is 0.241 e. The molecular weight excluding hydrogens is 314 g/mol. The first-order valence-electron chi connectivity index (χ1n) is 9.19. The average Bonchev–Trinajstić information content (AvgIpc) is 3.23. The number of para-hydroxylation sites is 1. The zero-order valence-electron chi connectivity index (χ0n) is 14.7. The summed E-state index contributed by atoms with van der Waals surface area (Å²) in [6.45, 7) is 4.41. The van der Waals surface area contributed by atoms with Crippen LogP contribution in [0.15, 0.2) is 36.9 Å². The normalized spacial score (nSPS) is 23.6. The van der Waals surface area contributed by atoms with Gasteiger partial charge in [0.15, 0.2) is 0 Å². The van der Waals surface area contributed by atoms with E-state index in [-0.39, 0.29) is 11.9 Å². The van der Waals surface area contributed by atoms with Crippen LogP contribution >= 0.6 is 0 Å². The van der Waals surface area contributed by atoms with Crippen molar-refractivity contribution in [2.45, 2.75) is 51.2 Å². The van der Waals surface area contributed by atoms with Crippen LogP contribution in [0, 0.1) is 0 Å². The molecule has 1 saturated heterocycles. The number of benzene rings is 1. The molecule has 0 aliphatic carbocycles. The van der Waals surface area contributed by atoms with Gasteiger partial charge in [0.1, 0.15) is 12.7 Å². The molecule has 1 aromatic heterocycles. The van der Waals surface area contributed by atoms with Crippen molar-refractivity contribution >= 4 is 11.6 Å². The Bertz CT molecular complexity index is 729. The molecule has 2 aromatic rings. The number of carbonyl (C=O) groups is 1.